The minimum absolute atomic E-state index is 0.0407. The van der Waals surface area contributed by atoms with Crippen LogP contribution in [0.2, 0.25) is 0 Å². The largest absolute Gasteiger partial charge is 0.343 e. The van der Waals surface area contributed by atoms with Gasteiger partial charge in [0.15, 0.2) is 11.6 Å². The van der Waals surface area contributed by atoms with Gasteiger partial charge < -0.3 is 14.2 Å². The molecule has 42 heavy (non-hydrogen) atoms. The van der Waals surface area contributed by atoms with Gasteiger partial charge >= 0.3 is 0 Å². The lowest BCUT2D eigenvalue weighted by molar-refractivity contribution is -0.550. The second-order valence-corrected chi connectivity index (χ2v) is 22.9. The van der Waals surface area contributed by atoms with Gasteiger partial charge in [0.2, 0.25) is 0 Å². The SMILES string of the molecule is CC12CC3(C)OC(C)(CC(C)(O1)C3(CP)[C@@H]1CC[C@@H]1CP(C13CC4CC(CC(C4)C1)C3)C13CC4CC(CC(C4)C1)C3)O2. The molecular formula is C37H58O3P2. The molecule has 13 fully saturated rings. The number of hydrogen-bond acceptors (Lipinski definition) is 3. The molecule has 9 saturated carbocycles. The predicted octanol–water partition coefficient (Wildman–Crippen LogP) is 9.11. The Morgan fingerprint density at radius 1 is 0.595 bits per heavy atom. The fraction of sp³-hybridized carbons (Fsp3) is 1.00. The Labute approximate surface area is 259 Å². The average molecular weight is 613 g/mol. The van der Waals surface area contributed by atoms with Gasteiger partial charge in [-0.25, -0.2) is 0 Å². The van der Waals surface area contributed by atoms with Gasteiger partial charge in [0.25, 0.3) is 0 Å². The molecule has 0 radical (unpaired) electrons. The molecule has 0 spiro atoms. The lowest BCUT2D eigenvalue weighted by Gasteiger charge is -2.77. The van der Waals surface area contributed by atoms with E-state index in [1.165, 1.54) is 12.8 Å². The van der Waals surface area contributed by atoms with Crippen LogP contribution in [-0.4, -0.2) is 45.4 Å². The summed E-state index contributed by atoms with van der Waals surface area (Å²) in [6, 6.07) is 0. The van der Waals surface area contributed by atoms with E-state index in [0.717, 1.165) is 76.7 Å². The summed E-state index contributed by atoms with van der Waals surface area (Å²) in [6.45, 7) is 9.36. The van der Waals surface area contributed by atoms with Crippen LogP contribution in [-0.2, 0) is 14.2 Å². The summed E-state index contributed by atoms with van der Waals surface area (Å²) in [5.41, 5.74) is -0.315. The second-order valence-electron chi connectivity index (χ2n) is 19.4. The van der Waals surface area contributed by atoms with Crippen molar-refractivity contribution in [3.8, 4) is 0 Å². The Bertz CT molecular complexity index is 1020. The first-order valence-corrected chi connectivity index (χ1v) is 20.8. The van der Waals surface area contributed by atoms with Crippen LogP contribution in [0.1, 0.15) is 130 Å². The second kappa shape index (κ2) is 8.41. The van der Waals surface area contributed by atoms with E-state index in [2.05, 4.69) is 36.9 Å². The van der Waals surface area contributed by atoms with Crippen molar-refractivity contribution in [1.29, 1.82) is 0 Å². The highest BCUT2D eigenvalue weighted by molar-refractivity contribution is 7.61. The first-order valence-electron chi connectivity index (χ1n) is 18.5. The third-order valence-corrected chi connectivity index (χ3v) is 21.3. The highest BCUT2D eigenvalue weighted by Crippen LogP contribution is 2.81. The topological polar surface area (TPSA) is 27.7 Å². The van der Waals surface area contributed by atoms with Crippen molar-refractivity contribution in [2.24, 2.45) is 52.8 Å². The van der Waals surface area contributed by atoms with Gasteiger partial charge in [-0.05, 0) is 188 Å². The van der Waals surface area contributed by atoms with E-state index in [-0.39, 0.29) is 24.5 Å². The van der Waals surface area contributed by atoms with Crippen LogP contribution in [0.4, 0.5) is 0 Å². The van der Waals surface area contributed by atoms with Crippen molar-refractivity contribution in [2.75, 3.05) is 12.3 Å². The average Bonchev–Trinajstić information content (AvgIpc) is 2.81. The lowest BCUT2D eigenvalue weighted by atomic mass is 9.44. The van der Waals surface area contributed by atoms with E-state index < -0.39 is 11.6 Å². The van der Waals surface area contributed by atoms with E-state index in [1.807, 2.05) is 0 Å². The molecule has 4 saturated heterocycles. The molecule has 4 aliphatic heterocycles. The lowest BCUT2D eigenvalue weighted by Crippen LogP contribution is -2.84. The summed E-state index contributed by atoms with van der Waals surface area (Å²) in [5, 5.41) is 1.48. The molecule has 5 heteroatoms. The van der Waals surface area contributed by atoms with Gasteiger partial charge in [-0.2, -0.15) is 0 Å². The zero-order valence-corrected chi connectivity index (χ0v) is 29.1. The van der Waals surface area contributed by atoms with Crippen LogP contribution >= 0.6 is 17.2 Å². The number of hydrogen-bond donors (Lipinski definition) is 0. The van der Waals surface area contributed by atoms with Crippen LogP contribution in [0, 0.1) is 52.8 Å². The molecule has 0 amide bonds. The standard InChI is InChI=1S/C37H58O3P2/c1-31-20-33(3)39-32(2,21-34(4,38-31)40-33)37(31,22-41)30-6-5-29(30)19-42(35-13-23-7-24(14-35)9-25(8-23)15-35)36-16-26-10-27(17-36)12-28(11-26)18-36/h23-30H,5-22,41H2,1-4H3/t23?,24?,25?,26?,27?,28?,29-,30-,31?,32?,33?,34?,35?,36?,37?,42?/m1/s1. The van der Waals surface area contributed by atoms with Crippen LogP contribution in [0.15, 0.2) is 0 Å². The molecule has 13 rings (SSSR count). The Morgan fingerprint density at radius 3 is 1.33 bits per heavy atom. The zero-order chi connectivity index (χ0) is 28.5. The van der Waals surface area contributed by atoms with Crippen LogP contribution in [0.3, 0.4) is 0 Å². The van der Waals surface area contributed by atoms with Gasteiger partial charge in [0.1, 0.15) is 0 Å². The Morgan fingerprint density at radius 2 is 1.00 bits per heavy atom. The molecule has 3 nitrogen and oxygen atoms in total. The van der Waals surface area contributed by atoms with Gasteiger partial charge in [0.05, 0.1) is 11.2 Å². The normalized spacial score (nSPS) is 65.6. The maximum absolute atomic E-state index is 7.14. The first-order chi connectivity index (χ1) is 19.9. The summed E-state index contributed by atoms with van der Waals surface area (Å²) in [7, 11) is 3.29. The van der Waals surface area contributed by atoms with E-state index in [9.17, 15) is 0 Å². The molecule has 0 N–H and O–H groups in total. The quantitative estimate of drug-likeness (QED) is 0.280. The fourth-order valence-electron chi connectivity index (χ4n) is 16.7. The van der Waals surface area contributed by atoms with Gasteiger partial charge in [0, 0.05) is 18.3 Å². The van der Waals surface area contributed by atoms with Crippen molar-refractivity contribution in [1.82, 2.24) is 0 Å². The minimum atomic E-state index is -0.512. The van der Waals surface area contributed by atoms with Crippen molar-refractivity contribution >= 4 is 17.2 Å². The fourth-order valence-corrected chi connectivity index (χ4v) is 23.4. The van der Waals surface area contributed by atoms with Gasteiger partial charge in [-0.3, -0.25) is 0 Å². The van der Waals surface area contributed by atoms with Crippen LogP contribution in [0.25, 0.3) is 0 Å². The van der Waals surface area contributed by atoms with Crippen LogP contribution < -0.4 is 0 Å². The summed E-state index contributed by atoms with van der Waals surface area (Å²) in [6.07, 6.45) is 26.7. The summed E-state index contributed by atoms with van der Waals surface area (Å²) < 4.78 is 20.8. The van der Waals surface area contributed by atoms with Crippen LogP contribution in [0.5, 0.6) is 0 Å². The Balaban J connectivity index is 1.04. The molecule has 234 valence electrons. The molecule has 5 unspecified atom stereocenters. The van der Waals surface area contributed by atoms with Crippen molar-refractivity contribution < 1.29 is 14.2 Å². The number of ether oxygens (including phenoxy) is 3. The maximum atomic E-state index is 7.14. The minimum Gasteiger partial charge on any atom is -0.343 e. The molecule has 4 heterocycles. The smallest absolute Gasteiger partial charge is 0.172 e. The molecule has 7 atom stereocenters. The molecule has 12 bridgehead atoms. The summed E-state index contributed by atoms with van der Waals surface area (Å²) >= 11 is 0. The third-order valence-electron chi connectivity index (χ3n) is 16.5. The number of rotatable bonds is 6. The Hall–Kier alpha value is 0.740. The molecule has 9 aliphatic carbocycles. The third kappa shape index (κ3) is 3.44. The highest BCUT2D eigenvalue weighted by atomic mass is 31.1. The van der Waals surface area contributed by atoms with Crippen molar-refractivity contribution in [3.05, 3.63) is 0 Å². The predicted molar refractivity (Wildman–Crippen MR) is 173 cm³/mol. The molecule has 0 aromatic carbocycles. The van der Waals surface area contributed by atoms with E-state index in [4.69, 9.17) is 14.2 Å². The van der Waals surface area contributed by atoms with E-state index >= 15 is 0 Å². The monoisotopic (exact) mass is 612 g/mol. The van der Waals surface area contributed by atoms with Gasteiger partial charge in [-0.1, -0.05) is 7.92 Å². The van der Waals surface area contributed by atoms with E-state index in [1.54, 1.807) is 83.2 Å². The molecule has 13 aliphatic rings. The zero-order valence-electron chi connectivity index (χ0n) is 27.1. The molecule has 0 aromatic heterocycles. The summed E-state index contributed by atoms with van der Waals surface area (Å²) in [5.74, 6) is 7.06. The summed E-state index contributed by atoms with van der Waals surface area (Å²) in [4.78, 5) is 0. The van der Waals surface area contributed by atoms with Crippen molar-refractivity contribution in [2.45, 2.75) is 164 Å². The first kappa shape index (κ1) is 27.8. The Kier molecular flexibility index (Phi) is 5.57. The maximum Gasteiger partial charge on any atom is 0.172 e. The molecule has 0 aromatic rings. The highest BCUT2D eigenvalue weighted by Gasteiger charge is 2.79. The van der Waals surface area contributed by atoms with E-state index in [0.29, 0.717) is 0 Å². The molecular weight excluding hydrogens is 554 g/mol. The van der Waals surface area contributed by atoms with Gasteiger partial charge in [-0.15, -0.1) is 9.24 Å². The van der Waals surface area contributed by atoms with Crippen molar-refractivity contribution in [3.63, 3.8) is 0 Å².